The third kappa shape index (κ3) is 4.32. The molecule has 0 saturated carbocycles. The zero-order valence-electron chi connectivity index (χ0n) is 13.6. The van der Waals surface area contributed by atoms with Gasteiger partial charge in [0, 0.05) is 18.3 Å². The fourth-order valence-electron chi connectivity index (χ4n) is 1.91. The summed E-state index contributed by atoms with van der Waals surface area (Å²) in [7, 11) is 3.09. The van der Waals surface area contributed by atoms with Crippen molar-refractivity contribution < 1.29 is 14.3 Å². The van der Waals surface area contributed by atoms with Gasteiger partial charge in [-0.3, -0.25) is 4.79 Å². The fraction of sp³-hybridized carbons (Fsp3) is 0.312. The number of nitrogens with zero attached hydrogens (tertiary/aromatic N) is 2. The highest BCUT2D eigenvalue weighted by atomic mass is 16.5. The standard InChI is InChI=1S/C16H20N4O3/c1-10(2)18-16-17-8-7-12(20-16)15(21)19-13-9-11(22-3)5-6-14(13)23-4/h5-10H,1-4H3,(H,19,21)(H,17,18,20). The van der Waals surface area contributed by atoms with Crippen LogP contribution in [0.1, 0.15) is 24.3 Å². The molecule has 0 spiro atoms. The lowest BCUT2D eigenvalue weighted by Gasteiger charge is -2.12. The highest BCUT2D eigenvalue weighted by Crippen LogP contribution is 2.29. The maximum absolute atomic E-state index is 12.4. The Morgan fingerprint density at radius 1 is 1.17 bits per heavy atom. The molecular weight excluding hydrogens is 296 g/mol. The van der Waals surface area contributed by atoms with E-state index in [4.69, 9.17) is 9.47 Å². The van der Waals surface area contributed by atoms with Crippen LogP contribution in [0, 0.1) is 0 Å². The molecule has 0 radical (unpaired) electrons. The molecular formula is C16H20N4O3. The van der Waals surface area contributed by atoms with Gasteiger partial charge in [-0.05, 0) is 32.0 Å². The van der Waals surface area contributed by atoms with Crippen LogP contribution >= 0.6 is 0 Å². The van der Waals surface area contributed by atoms with Crippen LogP contribution in [0.25, 0.3) is 0 Å². The van der Waals surface area contributed by atoms with Gasteiger partial charge in [-0.1, -0.05) is 0 Å². The Morgan fingerprint density at radius 3 is 2.61 bits per heavy atom. The van der Waals surface area contributed by atoms with Crippen LogP contribution < -0.4 is 20.1 Å². The zero-order valence-corrected chi connectivity index (χ0v) is 13.6. The van der Waals surface area contributed by atoms with E-state index in [2.05, 4.69) is 20.6 Å². The Kier molecular flexibility index (Phi) is 5.35. The van der Waals surface area contributed by atoms with E-state index in [1.807, 2.05) is 13.8 Å². The molecule has 0 unspecified atom stereocenters. The van der Waals surface area contributed by atoms with Crippen molar-refractivity contribution in [3.05, 3.63) is 36.2 Å². The molecule has 1 aromatic carbocycles. The van der Waals surface area contributed by atoms with E-state index in [1.165, 1.54) is 13.3 Å². The van der Waals surface area contributed by atoms with Crippen LogP contribution in [0.5, 0.6) is 11.5 Å². The average molecular weight is 316 g/mol. The molecule has 1 amide bonds. The minimum absolute atomic E-state index is 0.173. The summed E-state index contributed by atoms with van der Waals surface area (Å²) in [4.78, 5) is 20.7. The first-order chi connectivity index (χ1) is 11.0. The van der Waals surface area contributed by atoms with Crippen molar-refractivity contribution in [3.63, 3.8) is 0 Å². The van der Waals surface area contributed by atoms with Crippen molar-refractivity contribution in [2.45, 2.75) is 19.9 Å². The van der Waals surface area contributed by atoms with Crippen molar-refractivity contribution >= 4 is 17.5 Å². The molecule has 1 aromatic heterocycles. The number of hydrogen-bond acceptors (Lipinski definition) is 6. The Morgan fingerprint density at radius 2 is 1.96 bits per heavy atom. The largest absolute Gasteiger partial charge is 0.497 e. The molecule has 0 aliphatic rings. The topological polar surface area (TPSA) is 85.4 Å². The van der Waals surface area contributed by atoms with E-state index in [9.17, 15) is 4.79 Å². The summed E-state index contributed by atoms with van der Waals surface area (Å²) in [6.07, 6.45) is 1.54. The lowest BCUT2D eigenvalue weighted by Crippen LogP contribution is -2.18. The number of benzene rings is 1. The van der Waals surface area contributed by atoms with Gasteiger partial charge in [0.2, 0.25) is 5.95 Å². The van der Waals surface area contributed by atoms with Gasteiger partial charge in [0.25, 0.3) is 5.91 Å². The van der Waals surface area contributed by atoms with Gasteiger partial charge in [0.15, 0.2) is 0 Å². The number of nitrogens with one attached hydrogen (secondary N) is 2. The second kappa shape index (κ2) is 7.44. The number of anilines is 2. The monoisotopic (exact) mass is 316 g/mol. The molecule has 0 aliphatic heterocycles. The van der Waals surface area contributed by atoms with Gasteiger partial charge in [0.05, 0.1) is 19.9 Å². The smallest absolute Gasteiger partial charge is 0.274 e. The van der Waals surface area contributed by atoms with Crippen molar-refractivity contribution in [2.75, 3.05) is 24.9 Å². The normalized spacial score (nSPS) is 10.3. The number of aromatic nitrogens is 2. The molecule has 1 heterocycles. The molecule has 7 nitrogen and oxygen atoms in total. The van der Waals surface area contributed by atoms with Crippen molar-refractivity contribution in [1.29, 1.82) is 0 Å². The lowest BCUT2D eigenvalue weighted by molar-refractivity contribution is 0.102. The van der Waals surface area contributed by atoms with Crippen LogP contribution in [0.2, 0.25) is 0 Å². The molecule has 0 fully saturated rings. The predicted molar refractivity (Wildman–Crippen MR) is 88.3 cm³/mol. The molecule has 2 N–H and O–H groups in total. The number of carbonyl (C=O) groups is 1. The number of amides is 1. The Hall–Kier alpha value is -2.83. The summed E-state index contributed by atoms with van der Waals surface area (Å²) in [6.45, 7) is 3.94. The quantitative estimate of drug-likeness (QED) is 0.852. The molecule has 23 heavy (non-hydrogen) atoms. The highest BCUT2D eigenvalue weighted by Gasteiger charge is 2.13. The second-order valence-corrected chi connectivity index (χ2v) is 5.08. The van der Waals surface area contributed by atoms with E-state index >= 15 is 0 Å². The van der Waals surface area contributed by atoms with Gasteiger partial charge in [-0.2, -0.15) is 0 Å². The second-order valence-electron chi connectivity index (χ2n) is 5.08. The van der Waals surface area contributed by atoms with Crippen LogP contribution in [0.3, 0.4) is 0 Å². The van der Waals surface area contributed by atoms with E-state index in [0.29, 0.717) is 23.1 Å². The first-order valence-corrected chi connectivity index (χ1v) is 7.16. The minimum Gasteiger partial charge on any atom is -0.497 e. The molecule has 0 saturated heterocycles. The molecule has 7 heteroatoms. The molecule has 0 aliphatic carbocycles. The van der Waals surface area contributed by atoms with Crippen LogP contribution in [-0.4, -0.2) is 36.1 Å². The molecule has 0 bridgehead atoms. The van der Waals surface area contributed by atoms with Gasteiger partial charge >= 0.3 is 0 Å². The molecule has 122 valence electrons. The molecule has 2 aromatic rings. The van der Waals surface area contributed by atoms with Gasteiger partial charge in [0.1, 0.15) is 17.2 Å². The van der Waals surface area contributed by atoms with E-state index in [-0.39, 0.29) is 17.6 Å². The van der Waals surface area contributed by atoms with Crippen LogP contribution in [-0.2, 0) is 0 Å². The summed E-state index contributed by atoms with van der Waals surface area (Å²) in [5, 5.41) is 5.83. The maximum Gasteiger partial charge on any atom is 0.274 e. The van der Waals surface area contributed by atoms with Gasteiger partial charge in [-0.25, -0.2) is 9.97 Å². The summed E-state index contributed by atoms with van der Waals surface area (Å²) < 4.78 is 10.4. The number of methoxy groups -OCH3 is 2. The summed E-state index contributed by atoms with van der Waals surface area (Å²) in [5.74, 6) is 1.20. The van der Waals surface area contributed by atoms with E-state index in [0.717, 1.165) is 0 Å². The first-order valence-electron chi connectivity index (χ1n) is 7.16. The van der Waals surface area contributed by atoms with Crippen LogP contribution in [0.15, 0.2) is 30.5 Å². The first kappa shape index (κ1) is 16.5. The summed E-state index contributed by atoms with van der Waals surface area (Å²) >= 11 is 0. The average Bonchev–Trinajstić information content (AvgIpc) is 2.54. The summed E-state index contributed by atoms with van der Waals surface area (Å²) in [5.41, 5.74) is 0.766. The third-order valence-electron chi connectivity index (χ3n) is 2.96. The van der Waals surface area contributed by atoms with Crippen molar-refractivity contribution in [2.24, 2.45) is 0 Å². The van der Waals surface area contributed by atoms with Crippen molar-refractivity contribution in [3.8, 4) is 11.5 Å². The highest BCUT2D eigenvalue weighted by molar-refractivity contribution is 6.03. The van der Waals surface area contributed by atoms with E-state index < -0.39 is 0 Å². The molecule has 2 rings (SSSR count). The van der Waals surface area contributed by atoms with E-state index in [1.54, 1.807) is 31.4 Å². The fourth-order valence-corrected chi connectivity index (χ4v) is 1.91. The number of ether oxygens (including phenoxy) is 2. The van der Waals surface area contributed by atoms with Crippen LogP contribution in [0.4, 0.5) is 11.6 Å². The number of carbonyl (C=O) groups excluding carboxylic acids is 1. The summed E-state index contributed by atoms with van der Waals surface area (Å²) in [6, 6.07) is 6.88. The Balaban J connectivity index is 2.22. The predicted octanol–water partition coefficient (Wildman–Crippen LogP) is 2.57. The third-order valence-corrected chi connectivity index (χ3v) is 2.96. The zero-order chi connectivity index (χ0) is 16.8. The Labute approximate surface area is 135 Å². The maximum atomic E-state index is 12.4. The Bertz CT molecular complexity index is 689. The van der Waals surface area contributed by atoms with Crippen molar-refractivity contribution in [1.82, 2.24) is 9.97 Å². The minimum atomic E-state index is -0.356. The van der Waals surface area contributed by atoms with Gasteiger partial charge < -0.3 is 20.1 Å². The number of hydrogen-bond donors (Lipinski definition) is 2. The number of rotatable bonds is 6. The van der Waals surface area contributed by atoms with Gasteiger partial charge in [-0.15, -0.1) is 0 Å². The SMILES string of the molecule is COc1ccc(OC)c(NC(=O)c2ccnc(NC(C)C)n2)c1. The molecule has 0 atom stereocenters. The lowest BCUT2D eigenvalue weighted by atomic mass is 10.2.